The van der Waals surface area contributed by atoms with Gasteiger partial charge in [-0.05, 0) is 37.8 Å². The molecule has 3 heteroatoms. The summed E-state index contributed by atoms with van der Waals surface area (Å²) in [5.74, 6) is 1.61. The summed E-state index contributed by atoms with van der Waals surface area (Å²) in [4.78, 5) is 4.40. The van der Waals surface area contributed by atoms with Crippen LogP contribution in [-0.4, -0.2) is 11.5 Å². The predicted octanol–water partition coefficient (Wildman–Crippen LogP) is 3.25. The molecular formula is C14H19N3. The molecule has 0 spiro atoms. The van der Waals surface area contributed by atoms with Crippen LogP contribution in [-0.2, 0) is 0 Å². The Hall–Kier alpha value is -1.56. The quantitative estimate of drug-likeness (QED) is 0.865. The minimum atomic E-state index is 0.684. The number of anilines is 1. The number of aromatic nitrogens is 1. The highest BCUT2D eigenvalue weighted by Crippen LogP contribution is 2.23. The Morgan fingerprint density at radius 3 is 2.82 bits per heavy atom. The van der Waals surface area contributed by atoms with Gasteiger partial charge in [0.2, 0.25) is 0 Å². The van der Waals surface area contributed by atoms with Crippen molar-refractivity contribution >= 4 is 5.82 Å². The maximum atomic E-state index is 8.90. The average Bonchev–Trinajstić information content (AvgIpc) is 2.37. The molecule has 0 unspecified atom stereocenters. The molecule has 1 fully saturated rings. The van der Waals surface area contributed by atoms with Gasteiger partial charge in [-0.3, -0.25) is 0 Å². The van der Waals surface area contributed by atoms with Crippen molar-refractivity contribution < 1.29 is 0 Å². The van der Waals surface area contributed by atoms with Crippen LogP contribution in [0.4, 0.5) is 5.82 Å². The Labute approximate surface area is 103 Å². The van der Waals surface area contributed by atoms with Gasteiger partial charge in [0.1, 0.15) is 5.82 Å². The van der Waals surface area contributed by atoms with Crippen molar-refractivity contribution in [2.45, 2.75) is 39.0 Å². The molecule has 0 atom stereocenters. The molecule has 0 bridgehead atoms. The fourth-order valence-corrected chi connectivity index (χ4v) is 2.46. The van der Waals surface area contributed by atoms with E-state index in [1.54, 1.807) is 0 Å². The molecule has 1 aromatic rings. The standard InChI is InChI=1S/C14H19N3/c1-11-7-13(9-15)8-14(17-11)16-10-12-5-3-2-4-6-12/h7-8,12H,2-6,10H2,1H3,(H,16,17). The van der Waals surface area contributed by atoms with E-state index >= 15 is 0 Å². The van der Waals surface area contributed by atoms with Gasteiger partial charge in [-0.15, -0.1) is 0 Å². The Kier molecular flexibility index (Phi) is 3.98. The number of aryl methyl sites for hydroxylation is 1. The zero-order valence-corrected chi connectivity index (χ0v) is 10.4. The Morgan fingerprint density at radius 2 is 2.12 bits per heavy atom. The lowest BCUT2D eigenvalue weighted by Crippen LogP contribution is -2.17. The minimum absolute atomic E-state index is 0.684. The normalized spacial score (nSPS) is 16.5. The summed E-state index contributed by atoms with van der Waals surface area (Å²) in [5.41, 5.74) is 1.58. The van der Waals surface area contributed by atoms with Crippen LogP contribution in [0.5, 0.6) is 0 Å². The van der Waals surface area contributed by atoms with E-state index < -0.39 is 0 Å². The van der Waals surface area contributed by atoms with Crippen molar-refractivity contribution in [2.75, 3.05) is 11.9 Å². The third kappa shape index (κ3) is 3.45. The fourth-order valence-electron chi connectivity index (χ4n) is 2.46. The Morgan fingerprint density at radius 1 is 1.35 bits per heavy atom. The van der Waals surface area contributed by atoms with Crippen LogP contribution in [0.1, 0.15) is 43.4 Å². The monoisotopic (exact) mass is 229 g/mol. The number of nitrogens with one attached hydrogen (secondary N) is 1. The second kappa shape index (κ2) is 5.67. The molecule has 1 heterocycles. The lowest BCUT2D eigenvalue weighted by atomic mass is 9.89. The van der Waals surface area contributed by atoms with Gasteiger partial charge in [0, 0.05) is 12.2 Å². The molecular weight excluding hydrogens is 210 g/mol. The van der Waals surface area contributed by atoms with Crippen LogP contribution in [0, 0.1) is 24.2 Å². The van der Waals surface area contributed by atoms with Crippen LogP contribution >= 0.6 is 0 Å². The van der Waals surface area contributed by atoms with Crippen LogP contribution < -0.4 is 5.32 Å². The summed E-state index contributed by atoms with van der Waals surface area (Å²) >= 11 is 0. The Bertz CT molecular complexity index is 414. The molecule has 0 amide bonds. The zero-order chi connectivity index (χ0) is 12.1. The molecule has 1 aliphatic rings. The summed E-state index contributed by atoms with van der Waals surface area (Å²) in [6, 6.07) is 5.81. The third-order valence-electron chi connectivity index (χ3n) is 3.38. The first-order valence-corrected chi connectivity index (χ1v) is 6.40. The van der Waals surface area contributed by atoms with E-state index in [1.807, 2.05) is 19.1 Å². The first-order chi connectivity index (χ1) is 8.28. The van der Waals surface area contributed by atoms with Crippen LogP contribution in [0.25, 0.3) is 0 Å². The van der Waals surface area contributed by atoms with Gasteiger partial charge in [-0.2, -0.15) is 5.26 Å². The molecule has 17 heavy (non-hydrogen) atoms. The molecule has 90 valence electrons. The van der Waals surface area contributed by atoms with E-state index in [1.165, 1.54) is 32.1 Å². The first kappa shape index (κ1) is 11.9. The lowest BCUT2D eigenvalue weighted by Gasteiger charge is -2.22. The number of hydrogen-bond donors (Lipinski definition) is 1. The molecule has 1 aromatic heterocycles. The average molecular weight is 229 g/mol. The van der Waals surface area contributed by atoms with Gasteiger partial charge < -0.3 is 5.32 Å². The summed E-state index contributed by atoms with van der Waals surface area (Å²) < 4.78 is 0. The van der Waals surface area contributed by atoms with Crippen molar-refractivity contribution in [3.63, 3.8) is 0 Å². The minimum Gasteiger partial charge on any atom is -0.370 e. The van der Waals surface area contributed by atoms with Crippen LogP contribution in [0.15, 0.2) is 12.1 Å². The van der Waals surface area contributed by atoms with Gasteiger partial charge in [0.15, 0.2) is 0 Å². The van der Waals surface area contributed by atoms with Crippen molar-refractivity contribution in [1.29, 1.82) is 5.26 Å². The summed E-state index contributed by atoms with van der Waals surface area (Å²) in [6.07, 6.45) is 6.75. The van der Waals surface area contributed by atoms with Crippen molar-refractivity contribution in [3.05, 3.63) is 23.4 Å². The van der Waals surface area contributed by atoms with E-state index in [2.05, 4.69) is 16.4 Å². The topological polar surface area (TPSA) is 48.7 Å². The van der Waals surface area contributed by atoms with Crippen molar-refractivity contribution in [3.8, 4) is 6.07 Å². The maximum absolute atomic E-state index is 8.90. The number of hydrogen-bond acceptors (Lipinski definition) is 3. The van der Waals surface area contributed by atoms with Gasteiger partial charge in [-0.25, -0.2) is 4.98 Å². The smallest absolute Gasteiger partial charge is 0.127 e. The SMILES string of the molecule is Cc1cc(C#N)cc(NCC2CCCCC2)n1. The van der Waals surface area contributed by atoms with E-state index in [0.29, 0.717) is 5.56 Å². The molecule has 1 N–H and O–H groups in total. The second-order valence-electron chi connectivity index (χ2n) is 4.88. The summed E-state index contributed by atoms with van der Waals surface area (Å²) in [5, 5.41) is 12.3. The number of pyridine rings is 1. The molecule has 1 saturated carbocycles. The number of nitriles is 1. The summed E-state index contributed by atoms with van der Waals surface area (Å²) in [7, 11) is 0. The fraction of sp³-hybridized carbons (Fsp3) is 0.571. The molecule has 0 saturated heterocycles. The highest BCUT2D eigenvalue weighted by molar-refractivity contribution is 5.44. The molecule has 0 aromatic carbocycles. The zero-order valence-electron chi connectivity index (χ0n) is 10.4. The predicted molar refractivity (Wildman–Crippen MR) is 68.8 cm³/mol. The van der Waals surface area contributed by atoms with Crippen LogP contribution in [0.2, 0.25) is 0 Å². The highest BCUT2D eigenvalue weighted by atomic mass is 15.0. The molecule has 0 aliphatic heterocycles. The van der Waals surface area contributed by atoms with Crippen molar-refractivity contribution in [2.24, 2.45) is 5.92 Å². The van der Waals surface area contributed by atoms with Gasteiger partial charge >= 0.3 is 0 Å². The lowest BCUT2D eigenvalue weighted by molar-refractivity contribution is 0.373. The van der Waals surface area contributed by atoms with Gasteiger partial charge in [-0.1, -0.05) is 19.3 Å². The van der Waals surface area contributed by atoms with Crippen LogP contribution in [0.3, 0.4) is 0 Å². The van der Waals surface area contributed by atoms with E-state index in [4.69, 9.17) is 5.26 Å². The number of nitrogens with zero attached hydrogens (tertiary/aromatic N) is 2. The highest BCUT2D eigenvalue weighted by Gasteiger charge is 2.13. The van der Waals surface area contributed by atoms with Gasteiger partial charge in [0.05, 0.1) is 11.6 Å². The van der Waals surface area contributed by atoms with E-state index in [-0.39, 0.29) is 0 Å². The summed E-state index contributed by atoms with van der Waals surface area (Å²) in [6.45, 7) is 2.91. The second-order valence-corrected chi connectivity index (χ2v) is 4.88. The molecule has 0 radical (unpaired) electrons. The third-order valence-corrected chi connectivity index (χ3v) is 3.38. The molecule has 2 rings (SSSR count). The van der Waals surface area contributed by atoms with Gasteiger partial charge in [0.25, 0.3) is 0 Å². The molecule has 3 nitrogen and oxygen atoms in total. The molecule has 1 aliphatic carbocycles. The van der Waals surface area contributed by atoms with E-state index in [0.717, 1.165) is 24.0 Å². The first-order valence-electron chi connectivity index (χ1n) is 6.40. The van der Waals surface area contributed by atoms with Crippen molar-refractivity contribution in [1.82, 2.24) is 4.98 Å². The van der Waals surface area contributed by atoms with E-state index in [9.17, 15) is 0 Å². The maximum Gasteiger partial charge on any atom is 0.127 e. The largest absolute Gasteiger partial charge is 0.370 e. The Balaban J connectivity index is 1.94. The number of rotatable bonds is 3.